The van der Waals surface area contributed by atoms with Crippen molar-refractivity contribution in [2.45, 2.75) is 0 Å². The van der Waals surface area contributed by atoms with Gasteiger partial charge >= 0.3 is 131 Å². The molecule has 0 aliphatic heterocycles. The Morgan fingerprint density at radius 3 is 0.364 bits per heavy atom. The van der Waals surface area contributed by atoms with Gasteiger partial charge in [-0.25, -0.2) is 0 Å². The molecule has 22 heavy (non-hydrogen) atoms. The van der Waals surface area contributed by atoms with Crippen molar-refractivity contribution in [1.82, 2.24) is 0 Å². The molecule has 0 atom stereocenters. The molecule has 0 aliphatic carbocycles. The van der Waals surface area contributed by atoms with E-state index in [9.17, 15) is 0 Å². The fraction of sp³-hybridized carbons (Fsp3) is 0. The van der Waals surface area contributed by atoms with Gasteiger partial charge in [-0.05, 0) is 0 Å². The Hall–Kier alpha value is 2.09. The predicted molar refractivity (Wildman–Crippen MR) is 50.0 cm³/mol. The second-order valence-electron chi connectivity index (χ2n) is 0.333. The zero-order valence-corrected chi connectivity index (χ0v) is 21.4. The minimum atomic E-state index is -1.42. The van der Waals surface area contributed by atoms with Crippen LogP contribution in [0.4, 0.5) is 0 Å². The van der Waals surface area contributed by atoms with Crippen LogP contribution in [0.5, 0.6) is 0 Å². The van der Waals surface area contributed by atoms with Crippen LogP contribution in [-0.2, 0) is 57.6 Å². The molecule has 0 radical (unpaired) electrons. The summed E-state index contributed by atoms with van der Waals surface area (Å²) in [5, 5.41) is 0. The molecule has 0 aromatic rings. The second-order valence-corrected chi connectivity index (χ2v) is 1.00. The molecule has 0 fully saturated rings. The Balaban J connectivity index is -0.00000000281. The number of hydrogen-bond donors (Lipinski definition) is 0. The minimum Gasteiger partial charge on any atom is -2.00 e. The third-order valence-corrected chi connectivity index (χ3v) is 0. The zero-order valence-electron chi connectivity index (χ0n) is 11.1. The molecule has 0 aliphatic rings. The van der Waals surface area contributed by atoms with E-state index >= 15 is 0 Å². The Kier molecular flexibility index (Phi) is 1740. The SMILES string of the molecule is O.O.O=[Si]=O.O=[Si]=O.O=[Si]=O.O=[Si]=O.[Al+3].[Al+3].[Na+].[Na+].[O-2].[O-2].[O-2].[O-2]. The van der Waals surface area contributed by atoms with Gasteiger partial charge in [-0.15, -0.1) is 0 Å². The molecular weight excluding hydrogens is 436 g/mol. The van der Waals surface area contributed by atoms with E-state index in [0.29, 0.717) is 0 Å². The summed E-state index contributed by atoms with van der Waals surface area (Å²) in [5.41, 5.74) is 0. The van der Waals surface area contributed by atoms with Gasteiger partial charge in [0.25, 0.3) is 0 Å². The summed E-state index contributed by atoms with van der Waals surface area (Å²) in [5.74, 6) is 0. The van der Waals surface area contributed by atoms with Gasteiger partial charge in [0, 0.05) is 0 Å². The van der Waals surface area contributed by atoms with Crippen LogP contribution in [-0.4, -0.2) is 82.8 Å². The first-order valence-electron chi connectivity index (χ1n) is 1.63. The molecular formula is H4Al2Na2O14Si4. The normalized spacial score (nSPS) is 1.45. The number of hydrogen-bond acceptors (Lipinski definition) is 8. The molecule has 0 amide bonds. The molecule has 0 bridgehead atoms. The Bertz CT molecular complexity index is 165. The standard InChI is InChI=1S/2Al.2Na.4O2Si.2H2O.4O/c;;;;4*1-3-2;;;;;;/h;;;;;;;;2*1H2;;;;/q2*+3;2*+1;;;;;;;4*-2. The van der Waals surface area contributed by atoms with Crippen LogP contribution in [0.2, 0.25) is 0 Å². The monoisotopic (exact) mass is 440 g/mol. The average molecular weight is 440 g/mol. The molecule has 22 heteroatoms. The van der Waals surface area contributed by atoms with Gasteiger partial charge in [-0.3, -0.25) is 35.7 Å². The number of rotatable bonds is 0. The van der Waals surface area contributed by atoms with E-state index in [0.717, 1.165) is 0 Å². The smallest absolute Gasteiger partial charge is 2.00 e. The Labute approximate surface area is 197 Å². The summed E-state index contributed by atoms with van der Waals surface area (Å²) in [6.45, 7) is 0. The van der Waals surface area contributed by atoms with E-state index in [1.165, 1.54) is 0 Å². The molecule has 0 spiro atoms. The third-order valence-electron chi connectivity index (χ3n) is 0. The summed E-state index contributed by atoms with van der Waals surface area (Å²) in [6, 6.07) is 0. The van der Waals surface area contributed by atoms with E-state index in [-0.39, 0.29) is 127 Å². The van der Waals surface area contributed by atoms with Crippen LogP contribution >= 0.6 is 0 Å². The molecule has 14 nitrogen and oxygen atoms in total. The van der Waals surface area contributed by atoms with E-state index in [1.54, 1.807) is 0 Å². The Morgan fingerprint density at radius 1 is 0.364 bits per heavy atom. The van der Waals surface area contributed by atoms with Gasteiger partial charge in [0.05, 0.1) is 0 Å². The van der Waals surface area contributed by atoms with Crippen LogP contribution in [0.15, 0.2) is 0 Å². The molecule has 112 valence electrons. The van der Waals surface area contributed by atoms with Gasteiger partial charge in [-0.2, -0.15) is 0 Å². The summed E-state index contributed by atoms with van der Waals surface area (Å²) < 4.78 is 67.2. The molecule has 0 saturated heterocycles. The molecule has 0 aromatic carbocycles. The van der Waals surface area contributed by atoms with Crippen LogP contribution in [0.25, 0.3) is 0 Å². The van der Waals surface area contributed by atoms with E-state index in [4.69, 9.17) is 35.7 Å². The van der Waals surface area contributed by atoms with Crippen molar-refractivity contribution in [3.05, 3.63) is 0 Å². The molecule has 0 saturated carbocycles. The third kappa shape index (κ3) is 2240. The topological polar surface area (TPSA) is 314 Å². The van der Waals surface area contributed by atoms with Crippen molar-refractivity contribution in [3.63, 3.8) is 0 Å². The van der Waals surface area contributed by atoms with Crippen molar-refractivity contribution < 1.29 is 128 Å². The molecule has 0 heterocycles. The fourth-order valence-corrected chi connectivity index (χ4v) is 0. The van der Waals surface area contributed by atoms with E-state index in [1.807, 2.05) is 0 Å². The maximum absolute atomic E-state index is 8.40. The Morgan fingerprint density at radius 2 is 0.364 bits per heavy atom. The van der Waals surface area contributed by atoms with Crippen LogP contribution in [0.1, 0.15) is 0 Å². The maximum Gasteiger partial charge on any atom is 3.00 e. The van der Waals surface area contributed by atoms with Crippen molar-refractivity contribution in [3.8, 4) is 0 Å². The summed E-state index contributed by atoms with van der Waals surface area (Å²) >= 11 is 0. The summed E-state index contributed by atoms with van der Waals surface area (Å²) in [6.07, 6.45) is 0. The van der Waals surface area contributed by atoms with Crippen LogP contribution in [0, 0.1) is 0 Å². The average Bonchev–Trinajstić information content (AvgIpc) is 1.92. The zero-order chi connectivity index (χ0) is 10.8. The first-order valence-corrected chi connectivity index (χ1v) is 4.90. The van der Waals surface area contributed by atoms with E-state index < -0.39 is 37.2 Å². The molecule has 0 unspecified atom stereocenters. The van der Waals surface area contributed by atoms with Gasteiger partial charge in [0.2, 0.25) is 0 Å². The largest absolute Gasteiger partial charge is 3.00 e. The minimum absolute atomic E-state index is 0. The van der Waals surface area contributed by atoms with Crippen molar-refractivity contribution in [1.29, 1.82) is 0 Å². The quantitative estimate of drug-likeness (QED) is 0.324. The predicted octanol–water partition coefficient (Wildman–Crippen LogP) is -11.4. The fourth-order valence-electron chi connectivity index (χ4n) is 0. The van der Waals surface area contributed by atoms with Gasteiger partial charge in [-0.1, -0.05) is 0 Å². The first kappa shape index (κ1) is 126. The molecule has 0 rings (SSSR count). The van der Waals surface area contributed by atoms with Gasteiger partial charge < -0.3 is 32.9 Å². The molecule has 0 aromatic heterocycles. The second kappa shape index (κ2) is 304. The van der Waals surface area contributed by atoms with Crippen LogP contribution < -0.4 is 59.1 Å². The first-order chi connectivity index (χ1) is 5.66. The maximum atomic E-state index is 8.40. The van der Waals surface area contributed by atoms with Crippen molar-refractivity contribution in [2.75, 3.05) is 0 Å². The van der Waals surface area contributed by atoms with Gasteiger partial charge in [0.15, 0.2) is 0 Å². The summed E-state index contributed by atoms with van der Waals surface area (Å²) in [7, 11) is -5.67. The van der Waals surface area contributed by atoms with Crippen molar-refractivity contribution >= 4 is 71.9 Å². The summed E-state index contributed by atoms with van der Waals surface area (Å²) in [4.78, 5) is 0. The van der Waals surface area contributed by atoms with Gasteiger partial charge in [0.1, 0.15) is 0 Å². The van der Waals surface area contributed by atoms with Crippen molar-refractivity contribution in [2.24, 2.45) is 0 Å². The van der Waals surface area contributed by atoms with E-state index in [2.05, 4.69) is 0 Å². The molecule has 4 N–H and O–H groups in total. The van der Waals surface area contributed by atoms with Crippen LogP contribution in [0.3, 0.4) is 0 Å².